The van der Waals surface area contributed by atoms with Crippen molar-refractivity contribution in [1.29, 1.82) is 0 Å². The van der Waals surface area contributed by atoms with Gasteiger partial charge in [0.1, 0.15) is 0 Å². The molecular formula is C18H27N3O. The number of benzene rings is 1. The fraction of sp³-hybridized carbons (Fsp3) is 0.611. The van der Waals surface area contributed by atoms with E-state index in [2.05, 4.69) is 22.3 Å². The number of nitrogens with two attached hydrogens (primary N) is 1. The van der Waals surface area contributed by atoms with Gasteiger partial charge in [-0.05, 0) is 43.9 Å². The van der Waals surface area contributed by atoms with Crippen molar-refractivity contribution >= 4 is 17.3 Å². The number of carbonyl (C=O) groups excluding carboxylic acids is 1. The molecule has 22 heavy (non-hydrogen) atoms. The van der Waals surface area contributed by atoms with E-state index >= 15 is 0 Å². The maximum absolute atomic E-state index is 12.4. The summed E-state index contributed by atoms with van der Waals surface area (Å²) in [6, 6.07) is 8.20. The predicted octanol–water partition coefficient (Wildman–Crippen LogP) is 3.28. The standard InChI is InChI=1S/C18H27N3O/c19-18(10-3-4-11-18)17(22)20-15-8-7-9-16(14-15)21-12-5-1-2-6-13-21/h7-9,14H,1-6,10-13,19H2,(H,20,22). The number of hydrogen-bond acceptors (Lipinski definition) is 3. The van der Waals surface area contributed by atoms with Crippen molar-refractivity contribution in [3.63, 3.8) is 0 Å². The monoisotopic (exact) mass is 301 g/mol. The first-order valence-corrected chi connectivity index (χ1v) is 8.63. The molecule has 2 aliphatic rings. The van der Waals surface area contributed by atoms with Crippen LogP contribution in [0.25, 0.3) is 0 Å². The van der Waals surface area contributed by atoms with Crippen LogP contribution in [0, 0.1) is 0 Å². The van der Waals surface area contributed by atoms with E-state index in [0.29, 0.717) is 0 Å². The van der Waals surface area contributed by atoms with Gasteiger partial charge in [0, 0.05) is 24.5 Å². The molecule has 1 aliphatic carbocycles. The third-order valence-electron chi connectivity index (χ3n) is 5.02. The largest absolute Gasteiger partial charge is 0.371 e. The van der Waals surface area contributed by atoms with Crippen LogP contribution >= 0.6 is 0 Å². The molecule has 0 radical (unpaired) electrons. The molecule has 4 nitrogen and oxygen atoms in total. The summed E-state index contributed by atoms with van der Waals surface area (Å²) in [5.41, 5.74) is 7.63. The second-order valence-electron chi connectivity index (χ2n) is 6.77. The molecule has 1 aromatic carbocycles. The number of hydrogen-bond donors (Lipinski definition) is 2. The normalized spacial score (nSPS) is 21.4. The Morgan fingerprint density at radius 3 is 2.41 bits per heavy atom. The van der Waals surface area contributed by atoms with Gasteiger partial charge in [-0.15, -0.1) is 0 Å². The van der Waals surface area contributed by atoms with Gasteiger partial charge < -0.3 is 16.0 Å². The van der Waals surface area contributed by atoms with Crippen LogP contribution < -0.4 is 16.0 Å². The Morgan fingerprint density at radius 2 is 1.73 bits per heavy atom. The van der Waals surface area contributed by atoms with Gasteiger partial charge in [0.05, 0.1) is 5.54 Å². The van der Waals surface area contributed by atoms with Gasteiger partial charge >= 0.3 is 0 Å². The number of nitrogens with zero attached hydrogens (tertiary/aromatic N) is 1. The van der Waals surface area contributed by atoms with E-state index in [1.54, 1.807) is 0 Å². The van der Waals surface area contributed by atoms with Crippen LogP contribution in [0.1, 0.15) is 51.4 Å². The molecule has 1 aromatic rings. The number of rotatable bonds is 3. The molecule has 1 saturated carbocycles. The third-order valence-corrected chi connectivity index (χ3v) is 5.02. The number of amides is 1. The van der Waals surface area contributed by atoms with Crippen LogP contribution in [0.4, 0.5) is 11.4 Å². The molecule has 120 valence electrons. The van der Waals surface area contributed by atoms with Crippen molar-refractivity contribution in [2.24, 2.45) is 5.73 Å². The van der Waals surface area contributed by atoms with Crippen LogP contribution in [0.15, 0.2) is 24.3 Å². The molecule has 3 N–H and O–H groups in total. The first kappa shape index (κ1) is 15.3. The Morgan fingerprint density at radius 1 is 1.05 bits per heavy atom. The smallest absolute Gasteiger partial charge is 0.244 e. The quantitative estimate of drug-likeness (QED) is 0.901. The highest BCUT2D eigenvalue weighted by molar-refractivity contribution is 5.98. The van der Waals surface area contributed by atoms with Crippen molar-refractivity contribution in [3.8, 4) is 0 Å². The van der Waals surface area contributed by atoms with Crippen molar-refractivity contribution in [2.75, 3.05) is 23.3 Å². The van der Waals surface area contributed by atoms with Crippen LogP contribution in [-0.4, -0.2) is 24.5 Å². The molecule has 2 fully saturated rings. The molecule has 0 bridgehead atoms. The molecule has 0 spiro atoms. The molecule has 4 heteroatoms. The first-order chi connectivity index (χ1) is 10.7. The Labute approximate surface area is 133 Å². The minimum Gasteiger partial charge on any atom is -0.371 e. The summed E-state index contributed by atoms with van der Waals surface area (Å²) >= 11 is 0. The number of carbonyl (C=O) groups is 1. The molecule has 0 aromatic heterocycles. The summed E-state index contributed by atoms with van der Waals surface area (Å²) in [5, 5.41) is 3.03. The third kappa shape index (κ3) is 3.43. The Bertz CT molecular complexity index is 515. The second-order valence-corrected chi connectivity index (χ2v) is 6.77. The summed E-state index contributed by atoms with van der Waals surface area (Å²) in [7, 11) is 0. The first-order valence-electron chi connectivity index (χ1n) is 8.63. The predicted molar refractivity (Wildman–Crippen MR) is 91.1 cm³/mol. The van der Waals surface area contributed by atoms with Crippen LogP contribution in [-0.2, 0) is 4.79 Å². The van der Waals surface area contributed by atoms with Crippen LogP contribution in [0.2, 0.25) is 0 Å². The van der Waals surface area contributed by atoms with E-state index in [1.165, 1.54) is 31.4 Å². The maximum Gasteiger partial charge on any atom is 0.244 e. The Hall–Kier alpha value is -1.55. The van der Waals surface area contributed by atoms with Gasteiger partial charge in [-0.1, -0.05) is 31.7 Å². The Balaban J connectivity index is 1.69. The Kier molecular flexibility index (Phi) is 4.67. The number of nitrogens with one attached hydrogen (secondary N) is 1. The highest BCUT2D eigenvalue weighted by Gasteiger charge is 2.36. The second kappa shape index (κ2) is 6.69. The van der Waals surface area contributed by atoms with E-state index in [9.17, 15) is 4.79 Å². The van der Waals surface area contributed by atoms with E-state index in [-0.39, 0.29) is 5.91 Å². The van der Waals surface area contributed by atoms with Crippen molar-refractivity contribution < 1.29 is 4.79 Å². The van der Waals surface area contributed by atoms with Crippen molar-refractivity contribution in [1.82, 2.24) is 0 Å². The zero-order valence-electron chi connectivity index (χ0n) is 13.3. The lowest BCUT2D eigenvalue weighted by Crippen LogP contribution is -2.48. The summed E-state index contributed by atoms with van der Waals surface area (Å²) in [5.74, 6) is -0.0296. The summed E-state index contributed by atoms with van der Waals surface area (Å²) < 4.78 is 0. The molecular weight excluding hydrogens is 274 g/mol. The fourth-order valence-electron chi connectivity index (χ4n) is 3.60. The minimum absolute atomic E-state index is 0.0296. The van der Waals surface area contributed by atoms with E-state index < -0.39 is 5.54 Å². The summed E-state index contributed by atoms with van der Waals surface area (Å²) in [4.78, 5) is 14.9. The van der Waals surface area contributed by atoms with E-state index in [1.807, 2.05) is 12.1 Å². The van der Waals surface area contributed by atoms with Gasteiger partial charge in [0.15, 0.2) is 0 Å². The van der Waals surface area contributed by atoms with Gasteiger partial charge in [-0.25, -0.2) is 0 Å². The van der Waals surface area contributed by atoms with E-state index in [0.717, 1.165) is 44.5 Å². The molecule has 1 amide bonds. The zero-order valence-corrected chi connectivity index (χ0v) is 13.3. The lowest BCUT2D eigenvalue weighted by molar-refractivity contribution is -0.121. The molecule has 0 unspecified atom stereocenters. The highest BCUT2D eigenvalue weighted by Crippen LogP contribution is 2.29. The van der Waals surface area contributed by atoms with Gasteiger partial charge in [0.25, 0.3) is 0 Å². The SMILES string of the molecule is NC1(C(=O)Nc2cccc(N3CCCCCC3)c2)CCCC1. The molecule has 3 rings (SSSR count). The maximum atomic E-state index is 12.4. The van der Waals surface area contributed by atoms with Crippen LogP contribution in [0.3, 0.4) is 0 Å². The highest BCUT2D eigenvalue weighted by atomic mass is 16.2. The van der Waals surface area contributed by atoms with Gasteiger partial charge in [-0.2, -0.15) is 0 Å². The van der Waals surface area contributed by atoms with E-state index in [4.69, 9.17) is 5.73 Å². The molecule has 1 heterocycles. The zero-order chi connectivity index (χ0) is 15.4. The molecule has 1 aliphatic heterocycles. The average Bonchev–Trinajstić information content (AvgIpc) is 2.81. The molecule has 0 atom stereocenters. The van der Waals surface area contributed by atoms with Gasteiger partial charge in [-0.3, -0.25) is 4.79 Å². The summed E-state index contributed by atoms with van der Waals surface area (Å²) in [6.45, 7) is 2.22. The average molecular weight is 301 g/mol. The fourth-order valence-corrected chi connectivity index (χ4v) is 3.60. The van der Waals surface area contributed by atoms with Crippen LogP contribution in [0.5, 0.6) is 0 Å². The minimum atomic E-state index is -0.668. The topological polar surface area (TPSA) is 58.4 Å². The van der Waals surface area contributed by atoms with Crippen molar-refractivity contribution in [2.45, 2.75) is 56.9 Å². The van der Waals surface area contributed by atoms with Crippen molar-refractivity contribution in [3.05, 3.63) is 24.3 Å². The number of anilines is 2. The molecule has 1 saturated heterocycles. The van der Waals surface area contributed by atoms with Gasteiger partial charge in [0.2, 0.25) is 5.91 Å². The lowest BCUT2D eigenvalue weighted by atomic mass is 9.98. The lowest BCUT2D eigenvalue weighted by Gasteiger charge is -2.25. The summed E-state index contributed by atoms with van der Waals surface area (Å²) in [6.07, 6.45) is 8.85.